The molecule has 0 aliphatic rings. The highest BCUT2D eigenvalue weighted by Gasteiger charge is 2.22. The minimum absolute atomic E-state index is 0.0408. The van der Waals surface area contributed by atoms with Crippen LogP contribution < -0.4 is 4.89 Å². The number of phosphoric acid groups is 1. The maximum Gasteiger partial charge on any atom is 0.306 e. The van der Waals surface area contributed by atoms with Crippen molar-refractivity contribution in [1.82, 2.24) is 0 Å². The summed E-state index contributed by atoms with van der Waals surface area (Å²) < 4.78 is 34.3. The highest BCUT2D eigenvalue weighted by Crippen LogP contribution is 2.38. The second-order valence-electron chi connectivity index (χ2n) is 25.2. The van der Waals surface area contributed by atoms with Crippen LogP contribution in [0, 0.1) is 0 Å². The minimum atomic E-state index is -4.66. The van der Waals surface area contributed by atoms with Crippen LogP contribution in [0.25, 0.3) is 0 Å². The Morgan fingerprint density at radius 1 is 0.364 bits per heavy atom. The lowest BCUT2D eigenvalue weighted by Crippen LogP contribution is -2.37. The number of hydrogen-bond acceptors (Lipinski definition) is 8. The highest BCUT2D eigenvalue weighted by molar-refractivity contribution is 7.45. The molecule has 9 nitrogen and oxygen atoms in total. The minimum Gasteiger partial charge on any atom is -0.756 e. The Morgan fingerprint density at radius 2 is 0.648 bits per heavy atom. The van der Waals surface area contributed by atoms with Crippen LogP contribution >= 0.6 is 7.82 Å². The third kappa shape index (κ3) is 71.5. The molecule has 0 heterocycles. The summed E-state index contributed by atoms with van der Waals surface area (Å²) in [4.78, 5) is 38.1. The van der Waals surface area contributed by atoms with Gasteiger partial charge in [0.25, 0.3) is 7.82 Å². The number of carbonyl (C=O) groups is 2. The van der Waals surface area contributed by atoms with Gasteiger partial charge in [0.1, 0.15) is 19.8 Å². The monoisotopic (exact) mass is 1250 g/mol. The summed E-state index contributed by atoms with van der Waals surface area (Å²) >= 11 is 0. The maximum atomic E-state index is 12.9. The Kier molecular flexibility index (Phi) is 65.0. The molecule has 0 aliphatic heterocycles. The number of esters is 2. The van der Waals surface area contributed by atoms with Crippen molar-refractivity contribution in [3.63, 3.8) is 0 Å². The molecule has 0 rings (SSSR count). The summed E-state index contributed by atoms with van der Waals surface area (Å²) in [6.45, 7) is 4.12. The molecule has 0 aliphatic carbocycles. The summed E-state index contributed by atoms with van der Waals surface area (Å²) in [5.41, 5.74) is 0. The third-order valence-corrected chi connectivity index (χ3v) is 16.5. The summed E-state index contributed by atoms with van der Waals surface area (Å²) in [6, 6.07) is 0. The van der Waals surface area contributed by atoms with Gasteiger partial charge in [-0.25, -0.2) is 0 Å². The Hall–Kier alpha value is -3.59. The fourth-order valence-electron chi connectivity index (χ4n) is 9.98. The average Bonchev–Trinajstić information content (AvgIpc) is 3.57. The second-order valence-corrected chi connectivity index (χ2v) is 26.6. The van der Waals surface area contributed by atoms with Crippen LogP contribution in [0.5, 0.6) is 0 Å². The van der Waals surface area contributed by atoms with Crippen LogP contribution in [-0.2, 0) is 32.7 Å². The first kappa shape index (κ1) is 84.4. The molecule has 506 valence electrons. The Morgan fingerprint density at radius 3 is 0.966 bits per heavy atom. The van der Waals surface area contributed by atoms with Gasteiger partial charge in [-0.2, -0.15) is 0 Å². The van der Waals surface area contributed by atoms with Crippen molar-refractivity contribution in [1.29, 1.82) is 0 Å². The SMILES string of the molecule is CC/C=C\C/C=C\C/C=C\C/C=C\C/C=C\C/C=C\C/C=C\C/C=C\C/C=C\C/C=C\CCCCCCC(=O)OC(COC(=O)CCCCCCCCCCCCCCCCCCCCCCCCCCCCCCC)COP(=O)([O-])OCC[N+](C)(C)C. The van der Waals surface area contributed by atoms with Crippen LogP contribution in [0.3, 0.4) is 0 Å². The zero-order valence-corrected chi connectivity index (χ0v) is 58.5. The molecule has 0 aromatic carbocycles. The number of nitrogens with zero attached hydrogens (tertiary/aromatic N) is 1. The van der Waals surface area contributed by atoms with Gasteiger partial charge in [0, 0.05) is 12.8 Å². The lowest BCUT2D eigenvalue weighted by atomic mass is 10.0. The lowest BCUT2D eigenvalue weighted by Gasteiger charge is -2.28. The number of rotatable bonds is 66. The van der Waals surface area contributed by atoms with Crippen molar-refractivity contribution in [2.45, 2.75) is 315 Å². The van der Waals surface area contributed by atoms with E-state index in [0.29, 0.717) is 17.4 Å². The zero-order chi connectivity index (χ0) is 64.1. The van der Waals surface area contributed by atoms with E-state index < -0.39 is 26.5 Å². The number of hydrogen-bond donors (Lipinski definition) is 0. The molecular formula is C78H136NO8P. The molecule has 0 saturated heterocycles. The smallest absolute Gasteiger partial charge is 0.306 e. The van der Waals surface area contributed by atoms with Crippen molar-refractivity contribution in [2.75, 3.05) is 47.5 Å². The van der Waals surface area contributed by atoms with Crippen LogP contribution in [-0.4, -0.2) is 70.0 Å². The number of ether oxygens (including phenoxy) is 2. The van der Waals surface area contributed by atoms with Gasteiger partial charge in [-0.05, 0) is 89.9 Å². The topological polar surface area (TPSA) is 111 Å². The van der Waals surface area contributed by atoms with E-state index in [2.05, 4.69) is 135 Å². The number of carbonyl (C=O) groups excluding carboxylic acids is 2. The molecule has 0 bridgehead atoms. The van der Waals surface area contributed by atoms with Crippen LogP contribution in [0.2, 0.25) is 0 Å². The first-order valence-corrected chi connectivity index (χ1v) is 37.7. The predicted octanol–water partition coefficient (Wildman–Crippen LogP) is 23.2. The Labute approximate surface area is 543 Å². The quantitative estimate of drug-likeness (QED) is 0.0195. The van der Waals surface area contributed by atoms with Gasteiger partial charge in [0.15, 0.2) is 6.10 Å². The van der Waals surface area contributed by atoms with Crippen LogP contribution in [0.1, 0.15) is 309 Å². The zero-order valence-electron chi connectivity index (χ0n) is 57.6. The van der Waals surface area contributed by atoms with Crippen molar-refractivity contribution < 1.29 is 42.1 Å². The summed E-state index contributed by atoms with van der Waals surface area (Å²) in [5, 5.41) is 0. The van der Waals surface area contributed by atoms with Gasteiger partial charge in [0.2, 0.25) is 0 Å². The van der Waals surface area contributed by atoms with E-state index in [1.807, 2.05) is 21.1 Å². The van der Waals surface area contributed by atoms with E-state index in [-0.39, 0.29) is 32.0 Å². The summed E-state index contributed by atoms with van der Waals surface area (Å²) in [7, 11) is 1.14. The molecule has 2 unspecified atom stereocenters. The number of allylic oxidation sites excluding steroid dienone is 20. The van der Waals surface area contributed by atoms with Crippen molar-refractivity contribution in [3.05, 3.63) is 122 Å². The van der Waals surface area contributed by atoms with Gasteiger partial charge in [-0.15, -0.1) is 0 Å². The molecule has 0 radical (unpaired) electrons. The van der Waals surface area contributed by atoms with Crippen LogP contribution in [0.15, 0.2) is 122 Å². The Bertz CT molecular complexity index is 1900. The van der Waals surface area contributed by atoms with E-state index in [9.17, 15) is 19.0 Å². The average molecular weight is 1250 g/mol. The first-order valence-electron chi connectivity index (χ1n) is 36.2. The van der Waals surface area contributed by atoms with Gasteiger partial charge >= 0.3 is 11.9 Å². The standard InChI is InChI=1S/C78H136NO8P/c1-6-8-10-12-14-16-18-20-22-24-26-28-30-32-34-36-37-38-39-40-41-43-45-47-49-51-53-55-57-59-61-63-65-67-69-71-78(81)87-76(75-86-88(82,83)85-73-72-79(3,4)5)74-84-77(80)70-68-66-64-62-60-58-56-54-52-50-48-46-44-42-35-33-31-29-27-25-23-21-19-17-15-13-11-9-7-2/h8,10,14,16,20,22,26,28,32,34,37-38,40-41,45,47,51,53,57,59,76H,6-7,9,11-13,15,17-19,21,23-25,27,29-31,33,35-36,39,42-44,46,48-50,52,54-56,58,60-75H2,1-5H3/b10-8-,16-14-,22-20-,28-26-,34-32-,38-37-,41-40-,47-45-,53-51-,59-57-. The van der Waals surface area contributed by atoms with Crippen molar-refractivity contribution in [2.24, 2.45) is 0 Å². The van der Waals surface area contributed by atoms with E-state index in [4.69, 9.17) is 18.5 Å². The number of unbranched alkanes of at least 4 members (excludes halogenated alkanes) is 32. The number of likely N-dealkylation sites (N-methyl/N-ethyl adjacent to an activating group) is 1. The third-order valence-electron chi connectivity index (χ3n) is 15.5. The van der Waals surface area contributed by atoms with E-state index in [1.165, 1.54) is 167 Å². The Balaban J connectivity index is 4.13. The van der Waals surface area contributed by atoms with Gasteiger partial charge in [-0.3, -0.25) is 14.2 Å². The molecule has 0 saturated carbocycles. The molecule has 0 fully saturated rings. The molecule has 2 atom stereocenters. The van der Waals surface area contributed by atoms with E-state index in [0.717, 1.165) is 109 Å². The van der Waals surface area contributed by atoms with Crippen LogP contribution in [0.4, 0.5) is 0 Å². The fourth-order valence-corrected chi connectivity index (χ4v) is 10.7. The molecule has 0 N–H and O–H groups in total. The predicted molar refractivity (Wildman–Crippen MR) is 378 cm³/mol. The van der Waals surface area contributed by atoms with Crippen molar-refractivity contribution >= 4 is 19.8 Å². The van der Waals surface area contributed by atoms with E-state index >= 15 is 0 Å². The first-order chi connectivity index (χ1) is 43.0. The normalized spacial score (nSPS) is 13.8. The summed E-state index contributed by atoms with van der Waals surface area (Å²) in [6.07, 6.45) is 97.2. The molecular weight excluding hydrogens is 1110 g/mol. The summed E-state index contributed by atoms with van der Waals surface area (Å²) in [5.74, 6) is -0.858. The molecule has 0 aromatic heterocycles. The molecule has 0 aromatic rings. The molecule has 88 heavy (non-hydrogen) atoms. The molecule has 0 spiro atoms. The molecule has 10 heteroatoms. The largest absolute Gasteiger partial charge is 0.756 e. The number of phosphoric ester groups is 1. The van der Waals surface area contributed by atoms with Gasteiger partial charge in [0.05, 0.1) is 27.7 Å². The highest BCUT2D eigenvalue weighted by atomic mass is 31.2. The van der Waals surface area contributed by atoms with Crippen molar-refractivity contribution in [3.8, 4) is 0 Å². The van der Waals surface area contributed by atoms with E-state index in [1.54, 1.807) is 0 Å². The van der Waals surface area contributed by atoms with Gasteiger partial charge in [-0.1, -0.05) is 328 Å². The second kappa shape index (κ2) is 67.8. The number of quaternary nitrogens is 1. The maximum absolute atomic E-state index is 12.9. The molecule has 0 amide bonds. The lowest BCUT2D eigenvalue weighted by molar-refractivity contribution is -0.870. The fraction of sp³-hybridized carbons (Fsp3) is 0.718. The van der Waals surface area contributed by atoms with Gasteiger partial charge < -0.3 is 27.9 Å².